The van der Waals surface area contributed by atoms with Gasteiger partial charge in [0.2, 0.25) is 0 Å². The molecule has 0 saturated carbocycles. The Morgan fingerprint density at radius 3 is 2.80 bits per heavy atom. The van der Waals surface area contributed by atoms with Crippen LogP contribution in [0.5, 0.6) is 0 Å². The van der Waals surface area contributed by atoms with Gasteiger partial charge in [-0.15, -0.1) is 0 Å². The van der Waals surface area contributed by atoms with E-state index in [4.69, 9.17) is 0 Å². The van der Waals surface area contributed by atoms with E-state index in [2.05, 4.69) is 21.2 Å². The van der Waals surface area contributed by atoms with E-state index in [1.807, 2.05) is 19.1 Å². The van der Waals surface area contributed by atoms with Gasteiger partial charge in [0.15, 0.2) is 0 Å². The molecule has 20 heavy (non-hydrogen) atoms. The van der Waals surface area contributed by atoms with Crippen molar-refractivity contribution in [1.29, 1.82) is 0 Å². The van der Waals surface area contributed by atoms with Crippen molar-refractivity contribution in [3.05, 3.63) is 28.2 Å². The third-order valence-corrected chi connectivity index (χ3v) is 4.35. The fourth-order valence-electron chi connectivity index (χ4n) is 2.35. The summed E-state index contributed by atoms with van der Waals surface area (Å²) >= 11 is 3.40. The van der Waals surface area contributed by atoms with Crippen molar-refractivity contribution in [3.8, 4) is 0 Å². The van der Waals surface area contributed by atoms with Gasteiger partial charge in [-0.05, 0) is 49.9 Å². The second-order valence-electron chi connectivity index (χ2n) is 4.94. The molecule has 0 aliphatic carbocycles. The minimum absolute atomic E-state index is 0.348. The number of benzene rings is 1. The molecule has 0 aromatic heterocycles. The fraction of sp³-hybridized carbons (Fsp3) is 0.429. The molecule has 0 spiro atoms. The Kier molecular flexibility index (Phi) is 4.65. The summed E-state index contributed by atoms with van der Waals surface area (Å²) in [6.07, 6.45) is 2.21. The lowest BCUT2D eigenvalue weighted by molar-refractivity contribution is -0.143. The first kappa shape index (κ1) is 14.8. The van der Waals surface area contributed by atoms with E-state index in [-0.39, 0.29) is 6.03 Å². The highest BCUT2D eigenvalue weighted by molar-refractivity contribution is 9.10. The number of halogens is 1. The molecule has 2 amide bonds. The summed E-state index contributed by atoms with van der Waals surface area (Å²) in [6.45, 7) is 2.42. The van der Waals surface area contributed by atoms with Crippen LogP contribution in [0.25, 0.3) is 0 Å². The predicted molar refractivity (Wildman–Crippen MR) is 79.9 cm³/mol. The molecule has 5 nitrogen and oxygen atoms in total. The highest BCUT2D eigenvalue weighted by Crippen LogP contribution is 2.22. The molecule has 1 atom stereocenters. The Hall–Kier alpha value is -1.56. The van der Waals surface area contributed by atoms with Crippen molar-refractivity contribution < 1.29 is 14.7 Å². The SMILES string of the molecule is Cc1cc(NC(=O)N2CCCCC2C(=O)O)ccc1Br. The van der Waals surface area contributed by atoms with Gasteiger partial charge in [0.25, 0.3) is 0 Å². The van der Waals surface area contributed by atoms with Crippen LogP contribution < -0.4 is 5.32 Å². The number of amides is 2. The topological polar surface area (TPSA) is 69.6 Å². The number of hydrogen-bond acceptors (Lipinski definition) is 2. The normalized spacial score (nSPS) is 18.7. The van der Waals surface area contributed by atoms with Crippen molar-refractivity contribution >= 4 is 33.6 Å². The first-order chi connectivity index (χ1) is 9.49. The van der Waals surface area contributed by atoms with E-state index in [1.54, 1.807) is 6.07 Å². The number of carbonyl (C=O) groups is 2. The molecule has 6 heteroatoms. The van der Waals surface area contributed by atoms with Crippen molar-refractivity contribution in [3.63, 3.8) is 0 Å². The number of carboxylic acids is 1. The van der Waals surface area contributed by atoms with E-state index in [0.717, 1.165) is 22.9 Å². The Morgan fingerprint density at radius 2 is 2.15 bits per heavy atom. The van der Waals surface area contributed by atoms with Crippen molar-refractivity contribution in [2.75, 3.05) is 11.9 Å². The molecule has 2 rings (SSSR count). The molecule has 1 aliphatic heterocycles. The summed E-state index contributed by atoms with van der Waals surface area (Å²) in [6, 6.07) is 4.42. The molecule has 1 aromatic carbocycles. The number of hydrogen-bond donors (Lipinski definition) is 2. The van der Waals surface area contributed by atoms with Gasteiger partial charge < -0.3 is 15.3 Å². The maximum Gasteiger partial charge on any atom is 0.326 e. The average molecular weight is 341 g/mol. The van der Waals surface area contributed by atoms with Gasteiger partial charge in [-0.3, -0.25) is 0 Å². The summed E-state index contributed by atoms with van der Waals surface area (Å²) in [5, 5.41) is 11.9. The average Bonchev–Trinajstić information content (AvgIpc) is 2.43. The van der Waals surface area contributed by atoms with E-state index in [9.17, 15) is 14.7 Å². The summed E-state index contributed by atoms with van der Waals surface area (Å²) in [4.78, 5) is 24.8. The van der Waals surface area contributed by atoms with Gasteiger partial charge >= 0.3 is 12.0 Å². The molecule has 1 fully saturated rings. The van der Waals surface area contributed by atoms with Crippen LogP contribution in [-0.2, 0) is 4.79 Å². The Morgan fingerprint density at radius 1 is 1.40 bits per heavy atom. The lowest BCUT2D eigenvalue weighted by atomic mass is 10.0. The summed E-state index contributed by atoms with van der Waals surface area (Å²) in [5.41, 5.74) is 1.68. The number of nitrogens with zero attached hydrogens (tertiary/aromatic N) is 1. The third kappa shape index (κ3) is 3.30. The molecule has 1 saturated heterocycles. The molecule has 1 aromatic rings. The Balaban J connectivity index is 2.09. The van der Waals surface area contributed by atoms with Gasteiger partial charge in [-0.1, -0.05) is 15.9 Å². The zero-order valence-corrected chi connectivity index (χ0v) is 12.8. The zero-order valence-electron chi connectivity index (χ0n) is 11.2. The van der Waals surface area contributed by atoms with E-state index >= 15 is 0 Å². The van der Waals surface area contributed by atoms with Crippen LogP contribution in [-0.4, -0.2) is 34.6 Å². The van der Waals surface area contributed by atoms with E-state index in [0.29, 0.717) is 18.7 Å². The standard InChI is InChI=1S/C14H17BrN2O3/c1-9-8-10(5-6-11(9)15)16-14(20)17-7-3-2-4-12(17)13(18)19/h5-6,8,12H,2-4,7H2,1H3,(H,16,20)(H,18,19). The molecule has 1 unspecified atom stereocenters. The lowest BCUT2D eigenvalue weighted by Crippen LogP contribution is -2.49. The van der Waals surface area contributed by atoms with Crippen LogP contribution in [0.2, 0.25) is 0 Å². The largest absolute Gasteiger partial charge is 0.480 e. The number of urea groups is 1. The number of nitrogens with one attached hydrogen (secondary N) is 1. The van der Waals surface area contributed by atoms with Crippen LogP contribution in [0.1, 0.15) is 24.8 Å². The molecule has 2 N–H and O–H groups in total. The van der Waals surface area contributed by atoms with Gasteiger partial charge in [-0.25, -0.2) is 9.59 Å². The molecular weight excluding hydrogens is 324 g/mol. The molecule has 0 bridgehead atoms. The molecular formula is C14H17BrN2O3. The number of carboxylic acid groups (broad SMARTS) is 1. The van der Waals surface area contributed by atoms with Crippen molar-refractivity contribution in [1.82, 2.24) is 4.90 Å². The van der Waals surface area contributed by atoms with Crippen LogP contribution in [0.4, 0.5) is 10.5 Å². The highest BCUT2D eigenvalue weighted by atomic mass is 79.9. The Labute approximate surface area is 126 Å². The number of aliphatic carboxylic acids is 1. The minimum Gasteiger partial charge on any atom is -0.480 e. The van der Waals surface area contributed by atoms with Crippen LogP contribution in [0.15, 0.2) is 22.7 Å². The zero-order chi connectivity index (χ0) is 14.7. The lowest BCUT2D eigenvalue weighted by Gasteiger charge is -2.32. The minimum atomic E-state index is -0.938. The fourth-order valence-corrected chi connectivity index (χ4v) is 2.60. The summed E-state index contributed by atoms with van der Waals surface area (Å²) in [7, 11) is 0. The van der Waals surface area contributed by atoms with Crippen molar-refractivity contribution in [2.24, 2.45) is 0 Å². The smallest absolute Gasteiger partial charge is 0.326 e. The predicted octanol–water partition coefficient (Wildman–Crippen LogP) is 3.23. The number of aryl methyl sites for hydroxylation is 1. The van der Waals surface area contributed by atoms with Crippen LogP contribution in [0.3, 0.4) is 0 Å². The van der Waals surface area contributed by atoms with Crippen molar-refractivity contribution in [2.45, 2.75) is 32.2 Å². The monoisotopic (exact) mass is 340 g/mol. The van der Waals surface area contributed by atoms with Gasteiger partial charge in [-0.2, -0.15) is 0 Å². The van der Waals surface area contributed by atoms with Gasteiger partial charge in [0.1, 0.15) is 6.04 Å². The van der Waals surface area contributed by atoms with Gasteiger partial charge in [0, 0.05) is 16.7 Å². The molecule has 0 radical (unpaired) electrons. The highest BCUT2D eigenvalue weighted by Gasteiger charge is 2.31. The maximum atomic E-state index is 12.2. The number of likely N-dealkylation sites (tertiary alicyclic amines) is 1. The number of anilines is 1. The second-order valence-corrected chi connectivity index (χ2v) is 5.79. The number of piperidine rings is 1. The van der Waals surface area contributed by atoms with Crippen LogP contribution in [0, 0.1) is 6.92 Å². The van der Waals surface area contributed by atoms with E-state index < -0.39 is 12.0 Å². The second kappa shape index (κ2) is 6.26. The molecule has 1 aliphatic rings. The molecule has 108 valence electrons. The van der Waals surface area contributed by atoms with E-state index in [1.165, 1.54) is 4.90 Å². The van der Waals surface area contributed by atoms with Crippen LogP contribution >= 0.6 is 15.9 Å². The van der Waals surface area contributed by atoms with Gasteiger partial charge in [0.05, 0.1) is 0 Å². The maximum absolute atomic E-state index is 12.2. The Bertz CT molecular complexity index is 533. The summed E-state index contributed by atoms with van der Waals surface area (Å²) in [5.74, 6) is -0.938. The first-order valence-electron chi connectivity index (χ1n) is 6.55. The first-order valence-corrected chi connectivity index (χ1v) is 7.35. The third-order valence-electron chi connectivity index (χ3n) is 3.46. The number of rotatable bonds is 2. The summed E-state index contributed by atoms with van der Waals surface area (Å²) < 4.78 is 0.969. The quantitative estimate of drug-likeness (QED) is 0.868. The molecule has 1 heterocycles. The number of carbonyl (C=O) groups excluding carboxylic acids is 1.